The van der Waals surface area contributed by atoms with Crippen LogP contribution in [0.3, 0.4) is 0 Å². The van der Waals surface area contributed by atoms with Crippen LogP contribution in [0.2, 0.25) is 5.02 Å². The number of hydrogen-bond donors (Lipinski definition) is 1. The summed E-state index contributed by atoms with van der Waals surface area (Å²) in [7, 11) is 1.99. The Morgan fingerprint density at radius 3 is 2.22 bits per heavy atom. The van der Waals surface area contributed by atoms with Gasteiger partial charge in [-0.05, 0) is 30.3 Å². The summed E-state index contributed by atoms with van der Waals surface area (Å²) in [6, 6.07) is 18.9. The van der Waals surface area contributed by atoms with E-state index >= 15 is 0 Å². The molecule has 1 N–H and O–H groups in total. The highest BCUT2D eigenvalue weighted by atomic mass is 35.5. The number of hydrogen-bond acceptors (Lipinski definition) is 1. The summed E-state index contributed by atoms with van der Waals surface area (Å²) in [5, 5.41) is 4.17. The predicted octanol–water partition coefficient (Wildman–Crippen LogP) is 4.40. The number of halogens is 1. The van der Waals surface area contributed by atoms with Gasteiger partial charge < -0.3 is 5.32 Å². The Morgan fingerprint density at radius 2 is 1.61 bits per heavy atom. The molecule has 0 saturated heterocycles. The van der Waals surface area contributed by atoms with E-state index in [0.717, 1.165) is 5.02 Å². The van der Waals surface area contributed by atoms with Gasteiger partial charge in [-0.25, -0.2) is 0 Å². The average molecular weight is 260 g/mol. The van der Waals surface area contributed by atoms with E-state index in [1.54, 1.807) is 0 Å². The van der Waals surface area contributed by atoms with Crippen molar-refractivity contribution < 1.29 is 0 Å². The number of rotatable bonds is 4. The van der Waals surface area contributed by atoms with Crippen molar-refractivity contribution in [3.63, 3.8) is 0 Å². The Balaban J connectivity index is 2.29. The highest BCUT2D eigenvalue weighted by molar-refractivity contribution is 6.30. The Hall–Kier alpha value is -1.31. The second-order valence-corrected chi connectivity index (χ2v) is 4.96. The first kappa shape index (κ1) is 13.1. The predicted molar refractivity (Wildman–Crippen MR) is 78.1 cm³/mol. The summed E-state index contributed by atoms with van der Waals surface area (Å²) >= 11 is 6.07. The fraction of sp³-hybridized carbons (Fsp3) is 0.250. The van der Waals surface area contributed by atoms with Gasteiger partial charge in [0.15, 0.2) is 0 Å². The van der Waals surface area contributed by atoms with E-state index < -0.39 is 0 Å². The molecule has 0 bridgehead atoms. The molecule has 0 aliphatic rings. The van der Waals surface area contributed by atoms with Crippen molar-refractivity contribution in [3.8, 4) is 0 Å². The zero-order chi connectivity index (χ0) is 13.0. The Labute approximate surface area is 114 Å². The fourth-order valence-corrected chi connectivity index (χ4v) is 2.55. The molecule has 0 fully saturated rings. The van der Waals surface area contributed by atoms with Crippen LogP contribution in [0.4, 0.5) is 0 Å². The SMILES string of the molecule is CNC(c1cccc(Cl)c1)C(C)c1ccccc1. The standard InChI is InChI=1S/C16H18ClN/c1-12(13-7-4-3-5-8-13)16(18-2)14-9-6-10-15(17)11-14/h3-12,16,18H,1-2H3. The summed E-state index contributed by atoms with van der Waals surface area (Å²) in [5.74, 6) is 0.398. The van der Waals surface area contributed by atoms with Gasteiger partial charge in [0.05, 0.1) is 0 Å². The number of likely N-dealkylation sites (N-methyl/N-ethyl adjacent to an activating group) is 1. The van der Waals surface area contributed by atoms with E-state index in [1.807, 2.05) is 31.3 Å². The van der Waals surface area contributed by atoms with Crippen LogP contribution in [0.25, 0.3) is 0 Å². The zero-order valence-corrected chi connectivity index (χ0v) is 11.5. The van der Waals surface area contributed by atoms with Crippen molar-refractivity contribution in [1.29, 1.82) is 0 Å². The summed E-state index contributed by atoms with van der Waals surface area (Å²) in [5.41, 5.74) is 2.55. The summed E-state index contributed by atoms with van der Waals surface area (Å²) < 4.78 is 0. The number of nitrogens with one attached hydrogen (secondary N) is 1. The molecule has 2 aromatic carbocycles. The molecule has 0 aliphatic carbocycles. The van der Waals surface area contributed by atoms with Crippen molar-refractivity contribution in [2.75, 3.05) is 7.05 Å². The largest absolute Gasteiger partial charge is 0.312 e. The van der Waals surface area contributed by atoms with Crippen molar-refractivity contribution in [3.05, 3.63) is 70.7 Å². The number of benzene rings is 2. The van der Waals surface area contributed by atoms with E-state index in [9.17, 15) is 0 Å². The molecule has 0 spiro atoms. The van der Waals surface area contributed by atoms with Crippen LogP contribution >= 0.6 is 11.6 Å². The van der Waals surface area contributed by atoms with Gasteiger partial charge in [0, 0.05) is 17.0 Å². The Bertz CT molecular complexity index is 495. The van der Waals surface area contributed by atoms with Crippen LogP contribution in [0.15, 0.2) is 54.6 Å². The molecule has 94 valence electrons. The Kier molecular flexibility index (Phi) is 4.40. The molecule has 2 unspecified atom stereocenters. The quantitative estimate of drug-likeness (QED) is 0.858. The smallest absolute Gasteiger partial charge is 0.0409 e. The molecule has 0 radical (unpaired) electrons. The second-order valence-electron chi connectivity index (χ2n) is 4.52. The van der Waals surface area contributed by atoms with Gasteiger partial charge in [-0.1, -0.05) is 61.0 Å². The first-order valence-electron chi connectivity index (χ1n) is 6.20. The van der Waals surface area contributed by atoms with E-state index in [1.165, 1.54) is 11.1 Å². The van der Waals surface area contributed by atoms with Gasteiger partial charge in [0.2, 0.25) is 0 Å². The monoisotopic (exact) mass is 259 g/mol. The first-order valence-corrected chi connectivity index (χ1v) is 6.58. The molecule has 0 amide bonds. The molecular formula is C16H18ClN. The maximum absolute atomic E-state index is 6.07. The normalized spacial score (nSPS) is 14.2. The zero-order valence-electron chi connectivity index (χ0n) is 10.7. The van der Waals surface area contributed by atoms with Crippen molar-refractivity contribution in [2.45, 2.75) is 18.9 Å². The second kappa shape index (κ2) is 6.03. The molecule has 0 heterocycles. The maximum atomic E-state index is 6.07. The topological polar surface area (TPSA) is 12.0 Å². The highest BCUT2D eigenvalue weighted by Gasteiger charge is 2.18. The van der Waals surface area contributed by atoms with Crippen LogP contribution in [0, 0.1) is 0 Å². The van der Waals surface area contributed by atoms with Gasteiger partial charge in [0.25, 0.3) is 0 Å². The van der Waals surface area contributed by atoms with Crippen LogP contribution < -0.4 is 5.32 Å². The van der Waals surface area contributed by atoms with Crippen LogP contribution in [-0.4, -0.2) is 7.05 Å². The van der Waals surface area contributed by atoms with Gasteiger partial charge in [-0.15, -0.1) is 0 Å². The van der Waals surface area contributed by atoms with Crippen molar-refractivity contribution in [2.24, 2.45) is 0 Å². The summed E-state index contributed by atoms with van der Waals surface area (Å²) in [6.45, 7) is 2.23. The van der Waals surface area contributed by atoms with Crippen molar-refractivity contribution in [1.82, 2.24) is 5.32 Å². The third kappa shape index (κ3) is 2.92. The Morgan fingerprint density at radius 1 is 0.944 bits per heavy atom. The van der Waals surface area contributed by atoms with E-state index in [2.05, 4.69) is 42.6 Å². The summed E-state index contributed by atoms with van der Waals surface area (Å²) in [4.78, 5) is 0. The lowest BCUT2D eigenvalue weighted by Gasteiger charge is -2.24. The molecule has 1 nitrogen and oxygen atoms in total. The molecule has 18 heavy (non-hydrogen) atoms. The average Bonchev–Trinajstić information content (AvgIpc) is 2.40. The summed E-state index contributed by atoms with van der Waals surface area (Å²) in [6.07, 6.45) is 0. The lowest BCUT2D eigenvalue weighted by atomic mass is 9.89. The van der Waals surface area contributed by atoms with Crippen LogP contribution in [-0.2, 0) is 0 Å². The lowest BCUT2D eigenvalue weighted by molar-refractivity contribution is 0.508. The third-order valence-corrected chi connectivity index (χ3v) is 3.58. The molecule has 0 saturated carbocycles. The molecule has 2 aromatic rings. The van der Waals surface area contributed by atoms with E-state index in [-0.39, 0.29) is 6.04 Å². The van der Waals surface area contributed by atoms with Gasteiger partial charge in [0.1, 0.15) is 0 Å². The van der Waals surface area contributed by atoms with Gasteiger partial charge >= 0.3 is 0 Å². The minimum Gasteiger partial charge on any atom is -0.312 e. The van der Waals surface area contributed by atoms with E-state index in [0.29, 0.717) is 5.92 Å². The molecule has 0 aromatic heterocycles. The molecule has 0 aliphatic heterocycles. The minimum atomic E-state index is 0.270. The molecular weight excluding hydrogens is 242 g/mol. The maximum Gasteiger partial charge on any atom is 0.0409 e. The third-order valence-electron chi connectivity index (χ3n) is 3.34. The lowest BCUT2D eigenvalue weighted by Crippen LogP contribution is -2.22. The molecule has 2 atom stereocenters. The van der Waals surface area contributed by atoms with Gasteiger partial charge in [-0.2, -0.15) is 0 Å². The minimum absolute atomic E-state index is 0.270. The molecule has 2 heteroatoms. The van der Waals surface area contributed by atoms with E-state index in [4.69, 9.17) is 11.6 Å². The first-order chi connectivity index (χ1) is 8.72. The van der Waals surface area contributed by atoms with Crippen LogP contribution in [0.5, 0.6) is 0 Å². The van der Waals surface area contributed by atoms with Crippen LogP contribution in [0.1, 0.15) is 30.0 Å². The van der Waals surface area contributed by atoms with Crippen molar-refractivity contribution >= 4 is 11.6 Å². The highest BCUT2D eigenvalue weighted by Crippen LogP contribution is 2.31. The van der Waals surface area contributed by atoms with Gasteiger partial charge in [-0.3, -0.25) is 0 Å². The fourth-order valence-electron chi connectivity index (χ4n) is 2.35. The molecule has 2 rings (SSSR count).